The highest BCUT2D eigenvalue weighted by Gasteiger charge is 2.24. The van der Waals surface area contributed by atoms with Gasteiger partial charge in [0.05, 0.1) is 0 Å². The minimum atomic E-state index is -0.0952. The van der Waals surface area contributed by atoms with Crippen molar-refractivity contribution in [2.45, 2.75) is 39.7 Å². The van der Waals surface area contributed by atoms with Crippen molar-refractivity contribution in [3.63, 3.8) is 0 Å². The Morgan fingerprint density at radius 3 is 2.75 bits per heavy atom. The van der Waals surface area contributed by atoms with Gasteiger partial charge in [-0.05, 0) is 43.9 Å². The van der Waals surface area contributed by atoms with E-state index in [0.717, 1.165) is 53.5 Å². The molecule has 0 spiro atoms. The fourth-order valence-corrected chi connectivity index (χ4v) is 3.80. The maximum Gasteiger partial charge on any atom is 0.287 e. The molecular weight excluding hydrogens is 368 g/mol. The number of piperidine rings is 1. The Morgan fingerprint density at radius 2 is 2.08 bits per heavy atom. The molecule has 2 aromatic rings. The van der Waals surface area contributed by atoms with E-state index in [1.165, 1.54) is 0 Å². The normalized spacial score (nSPS) is 16.9. The predicted octanol–water partition coefficient (Wildman–Crippen LogP) is 4.35. The van der Waals surface area contributed by atoms with E-state index in [9.17, 15) is 4.79 Å². The van der Waals surface area contributed by atoms with Crippen molar-refractivity contribution in [1.82, 2.24) is 10.2 Å². The van der Waals surface area contributed by atoms with Crippen LogP contribution >= 0.6 is 15.9 Å². The molecule has 1 aromatic carbocycles. The lowest BCUT2D eigenvalue weighted by atomic mass is 10.0. The number of carbonyl (C=O) groups is 1. The van der Waals surface area contributed by atoms with Crippen molar-refractivity contribution < 1.29 is 9.21 Å². The van der Waals surface area contributed by atoms with Gasteiger partial charge in [-0.2, -0.15) is 0 Å². The molecule has 0 atom stereocenters. The molecule has 24 heavy (non-hydrogen) atoms. The first-order chi connectivity index (χ1) is 11.4. The zero-order valence-corrected chi connectivity index (χ0v) is 16.1. The number of rotatable bonds is 4. The first kappa shape index (κ1) is 17.5. The summed E-state index contributed by atoms with van der Waals surface area (Å²) in [6.07, 6.45) is 2.01. The van der Waals surface area contributed by atoms with Gasteiger partial charge in [-0.25, -0.2) is 0 Å². The van der Waals surface area contributed by atoms with Crippen molar-refractivity contribution in [3.8, 4) is 0 Å². The van der Waals surface area contributed by atoms with Crippen LogP contribution in [0.25, 0.3) is 11.0 Å². The lowest BCUT2D eigenvalue weighted by Crippen LogP contribution is -2.45. The third kappa shape index (κ3) is 3.83. The van der Waals surface area contributed by atoms with E-state index in [-0.39, 0.29) is 11.9 Å². The molecular formula is C19H25BrN2O2. The van der Waals surface area contributed by atoms with Crippen LogP contribution in [0.1, 0.15) is 42.8 Å². The Hall–Kier alpha value is -1.33. The van der Waals surface area contributed by atoms with Crippen LogP contribution in [0.15, 0.2) is 27.1 Å². The number of carbonyl (C=O) groups excluding carboxylic acids is 1. The molecule has 0 unspecified atom stereocenters. The molecule has 1 aromatic heterocycles. The molecule has 2 heterocycles. The number of nitrogens with zero attached hydrogens (tertiary/aromatic N) is 1. The molecule has 1 amide bonds. The molecule has 3 rings (SSSR count). The Balaban J connectivity index is 1.65. The first-order valence-corrected chi connectivity index (χ1v) is 9.45. The summed E-state index contributed by atoms with van der Waals surface area (Å²) in [4.78, 5) is 15.1. The number of aryl methyl sites for hydroxylation is 1. The maximum atomic E-state index is 12.6. The minimum absolute atomic E-state index is 0.0952. The van der Waals surface area contributed by atoms with E-state index in [1.807, 2.05) is 25.1 Å². The van der Waals surface area contributed by atoms with Gasteiger partial charge in [-0.3, -0.25) is 4.79 Å². The number of halogens is 1. The van der Waals surface area contributed by atoms with Crippen molar-refractivity contribution in [3.05, 3.63) is 34.0 Å². The van der Waals surface area contributed by atoms with Gasteiger partial charge in [0.2, 0.25) is 0 Å². The molecule has 4 nitrogen and oxygen atoms in total. The van der Waals surface area contributed by atoms with Gasteiger partial charge in [-0.1, -0.05) is 29.8 Å². The summed E-state index contributed by atoms with van der Waals surface area (Å²) in [7, 11) is 0. The molecule has 1 saturated heterocycles. The largest absolute Gasteiger partial charge is 0.451 e. The zero-order valence-electron chi connectivity index (χ0n) is 14.6. The summed E-state index contributed by atoms with van der Waals surface area (Å²) in [6.45, 7) is 9.67. The SMILES string of the molecule is Cc1c(C(=O)NC2CCN(CC(C)C)CC2)oc2ccc(Br)cc12. The lowest BCUT2D eigenvalue weighted by molar-refractivity contribution is 0.0881. The molecule has 130 valence electrons. The molecule has 0 radical (unpaired) electrons. The standard InChI is InChI=1S/C19H25BrN2O2/c1-12(2)11-22-8-6-15(7-9-22)21-19(23)18-13(3)16-10-14(20)4-5-17(16)24-18/h4-5,10,12,15H,6-9,11H2,1-3H3,(H,21,23). The number of fused-ring (bicyclic) bond motifs is 1. The summed E-state index contributed by atoms with van der Waals surface area (Å²) in [5.41, 5.74) is 1.66. The molecule has 0 aliphatic carbocycles. The first-order valence-electron chi connectivity index (χ1n) is 8.66. The summed E-state index contributed by atoms with van der Waals surface area (Å²) >= 11 is 3.47. The summed E-state index contributed by atoms with van der Waals surface area (Å²) in [5.74, 6) is 1.03. The highest BCUT2D eigenvalue weighted by molar-refractivity contribution is 9.10. The zero-order chi connectivity index (χ0) is 17.3. The number of benzene rings is 1. The van der Waals surface area contributed by atoms with Crippen LogP contribution < -0.4 is 5.32 Å². The molecule has 0 bridgehead atoms. The van der Waals surface area contributed by atoms with Crippen molar-refractivity contribution >= 4 is 32.8 Å². The Morgan fingerprint density at radius 1 is 1.38 bits per heavy atom. The summed E-state index contributed by atoms with van der Waals surface area (Å²) in [5, 5.41) is 4.14. The van der Waals surface area contributed by atoms with Gasteiger partial charge in [0.1, 0.15) is 5.58 Å². The number of hydrogen-bond acceptors (Lipinski definition) is 3. The van der Waals surface area contributed by atoms with Gasteiger partial charge < -0.3 is 14.6 Å². The highest BCUT2D eigenvalue weighted by atomic mass is 79.9. The number of hydrogen-bond donors (Lipinski definition) is 1. The van der Waals surface area contributed by atoms with Crippen molar-refractivity contribution in [2.24, 2.45) is 5.92 Å². The van der Waals surface area contributed by atoms with Crippen LogP contribution in [-0.4, -0.2) is 36.5 Å². The molecule has 1 N–H and O–H groups in total. The van der Waals surface area contributed by atoms with E-state index >= 15 is 0 Å². The van der Waals surface area contributed by atoms with E-state index < -0.39 is 0 Å². The van der Waals surface area contributed by atoms with Crippen LogP contribution in [0.5, 0.6) is 0 Å². The van der Waals surface area contributed by atoms with Gasteiger partial charge in [0, 0.05) is 41.1 Å². The summed E-state index contributed by atoms with van der Waals surface area (Å²) < 4.78 is 6.78. The monoisotopic (exact) mass is 392 g/mol. The van der Waals surface area contributed by atoms with Gasteiger partial charge >= 0.3 is 0 Å². The molecule has 1 aliphatic heterocycles. The fraction of sp³-hybridized carbons (Fsp3) is 0.526. The number of likely N-dealkylation sites (tertiary alicyclic amines) is 1. The average Bonchev–Trinajstić information content (AvgIpc) is 2.86. The second kappa shape index (κ2) is 7.28. The molecule has 0 saturated carbocycles. The van der Waals surface area contributed by atoms with Crippen LogP contribution in [0.4, 0.5) is 0 Å². The second-order valence-electron chi connectivity index (χ2n) is 7.14. The van der Waals surface area contributed by atoms with Crippen LogP contribution in [0.2, 0.25) is 0 Å². The lowest BCUT2D eigenvalue weighted by Gasteiger charge is -2.33. The van der Waals surface area contributed by atoms with E-state index in [2.05, 4.69) is 40.0 Å². The van der Waals surface area contributed by atoms with Crippen molar-refractivity contribution in [1.29, 1.82) is 0 Å². The van der Waals surface area contributed by atoms with Crippen molar-refractivity contribution in [2.75, 3.05) is 19.6 Å². The van der Waals surface area contributed by atoms with Gasteiger partial charge in [0.15, 0.2) is 5.76 Å². The quantitative estimate of drug-likeness (QED) is 0.840. The fourth-order valence-electron chi connectivity index (χ4n) is 3.44. The van der Waals surface area contributed by atoms with Crippen LogP contribution in [0.3, 0.4) is 0 Å². The topological polar surface area (TPSA) is 45.5 Å². The maximum absolute atomic E-state index is 12.6. The Kier molecular flexibility index (Phi) is 5.30. The number of amides is 1. The molecule has 1 aliphatic rings. The summed E-state index contributed by atoms with van der Waals surface area (Å²) in [6, 6.07) is 6.06. The third-order valence-corrected chi connectivity index (χ3v) is 5.14. The Bertz CT molecular complexity index is 730. The average molecular weight is 393 g/mol. The van der Waals surface area contributed by atoms with E-state index in [4.69, 9.17) is 4.42 Å². The third-order valence-electron chi connectivity index (χ3n) is 4.65. The molecule has 1 fully saturated rings. The van der Waals surface area contributed by atoms with Gasteiger partial charge in [0.25, 0.3) is 5.91 Å². The highest BCUT2D eigenvalue weighted by Crippen LogP contribution is 2.28. The number of furan rings is 1. The van der Waals surface area contributed by atoms with E-state index in [0.29, 0.717) is 11.7 Å². The molecule has 5 heteroatoms. The predicted molar refractivity (Wildman–Crippen MR) is 100 cm³/mol. The van der Waals surface area contributed by atoms with E-state index in [1.54, 1.807) is 0 Å². The smallest absolute Gasteiger partial charge is 0.287 e. The van der Waals surface area contributed by atoms with Gasteiger partial charge in [-0.15, -0.1) is 0 Å². The second-order valence-corrected chi connectivity index (χ2v) is 8.05. The van der Waals surface area contributed by atoms with Crippen LogP contribution in [-0.2, 0) is 0 Å². The Labute approximate surface area is 151 Å². The van der Waals surface area contributed by atoms with Crippen LogP contribution in [0, 0.1) is 12.8 Å². The number of nitrogens with one attached hydrogen (secondary N) is 1. The minimum Gasteiger partial charge on any atom is -0.451 e.